The summed E-state index contributed by atoms with van der Waals surface area (Å²) in [6, 6.07) is 0. The second kappa shape index (κ2) is 5.62. The first-order valence-corrected chi connectivity index (χ1v) is 14.5. The minimum atomic E-state index is -1.44. The van der Waals surface area contributed by atoms with E-state index in [1.807, 2.05) is 0 Å². The molecule has 19 heavy (non-hydrogen) atoms. The molecule has 0 aromatic carbocycles. The highest BCUT2D eigenvalue weighted by molar-refractivity contribution is 6.81. The first-order valence-electron chi connectivity index (χ1n) is 8.14. The van der Waals surface area contributed by atoms with Crippen molar-refractivity contribution in [3.05, 3.63) is 0 Å². The highest BCUT2D eigenvalue weighted by Crippen LogP contribution is 2.49. The van der Waals surface area contributed by atoms with Crippen LogP contribution in [0.15, 0.2) is 0 Å². The number of rotatable bonds is 3. The van der Waals surface area contributed by atoms with Crippen molar-refractivity contribution in [2.24, 2.45) is 0 Å². The maximum atomic E-state index is 6.61. The molecule has 0 N–H and O–H groups in total. The van der Waals surface area contributed by atoms with Crippen LogP contribution in [0.1, 0.15) is 40.0 Å². The second-order valence-corrected chi connectivity index (χ2v) is 16.3. The Morgan fingerprint density at radius 2 is 1.47 bits per heavy atom. The third kappa shape index (κ3) is 2.50. The smallest absolute Gasteiger partial charge is 0.376 e. The molecule has 0 saturated carbocycles. The predicted octanol–water partition coefficient (Wildman–Crippen LogP) is 3.88. The summed E-state index contributed by atoms with van der Waals surface area (Å²) in [6.07, 6.45) is 7.64. The summed E-state index contributed by atoms with van der Waals surface area (Å²) in [7, 11) is -2.38. The molecular weight excluding hydrogens is 268 g/mol. The van der Waals surface area contributed by atoms with E-state index < -0.39 is 16.9 Å². The van der Waals surface area contributed by atoms with E-state index in [0.29, 0.717) is 0 Å². The quantitative estimate of drug-likeness (QED) is 0.737. The molecule has 0 bridgehead atoms. The Morgan fingerprint density at radius 3 is 1.84 bits per heavy atom. The summed E-state index contributed by atoms with van der Waals surface area (Å²) >= 11 is 0. The first-order chi connectivity index (χ1) is 8.86. The van der Waals surface area contributed by atoms with Gasteiger partial charge in [-0.3, -0.25) is 0 Å². The maximum Gasteiger partial charge on any atom is 1.00 e. The summed E-state index contributed by atoms with van der Waals surface area (Å²) in [5.41, 5.74) is 0. The molecule has 2 saturated heterocycles. The van der Waals surface area contributed by atoms with E-state index in [-0.39, 0.29) is 11.9 Å². The zero-order chi connectivity index (χ0) is 14.1. The van der Waals surface area contributed by atoms with Gasteiger partial charge in [0.2, 0.25) is 0 Å². The Balaban J connectivity index is 0.00000200. The first kappa shape index (κ1) is 15.7. The largest absolute Gasteiger partial charge is 1.00 e. The Labute approximate surface area is 123 Å². The molecule has 2 nitrogen and oxygen atoms in total. The van der Waals surface area contributed by atoms with Crippen LogP contribution in [-0.2, 0) is 9.47 Å². The third-order valence-corrected chi connectivity index (χ3v) is 11.7. The van der Waals surface area contributed by atoms with Crippen LogP contribution in [0.2, 0.25) is 32.7 Å². The molecule has 2 unspecified atom stereocenters. The fourth-order valence-corrected chi connectivity index (χ4v) is 11.9. The normalized spacial score (nSPS) is 37.6. The monoisotopic (exact) mass is 301 g/mol. The zero-order valence-electron chi connectivity index (χ0n) is 14.6. The van der Waals surface area contributed by atoms with Gasteiger partial charge in [0.25, 0.3) is 0 Å². The van der Waals surface area contributed by atoms with Crippen LogP contribution in [0.4, 0.5) is 0 Å². The van der Waals surface area contributed by atoms with Gasteiger partial charge < -0.3 is 9.47 Å². The number of ether oxygens (including phenoxy) is 2. The van der Waals surface area contributed by atoms with E-state index in [1.165, 1.54) is 38.5 Å². The molecule has 0 amide bonds. The molecular formula is C15H33O2Si2+. The van der Waals surface area contributed by atoms with Gasteiger partial charge in [0.1, 0.15) is 0 Å². The minimum Gasteiger partial charge on any atom is -0.376 e. The molecule has 0 spiro atoms. The molecule has 0 radical (unpaired) electrons. The van der Waals surface area contributed by atoms with Crippen LogP contribution < -0.4 is 0 Å². The Morgan fingerprint density at radius 1 is 0.895 bits per heavy atom. The molecule has 4 heteroatoms. The molecule has 2 atom stereocenters. The van der Waals surface area contributed by atoms with Crippen LogP contribution >= 0.6 is 0 Å². The van der Waals surface area contributed by atoms with Gasteiger partial charge in [-0.1, -0.05) is 32.7 Å². The van der Waals surface area contributed by atoms with Crippen molar-refractivity contribution in [2.75, 3.05) is 13.2 Å². The lowest BCUT2D eigenvalue weighted by atomic mass is 9.96. The van der Waals surface area contributed by atoms with Gasteiger partial charge in [-0.15, -0.1) is 0 Å². The van der Waals surface area contributed by atoms with E-state index >= 15 is 0 Å². The third-order valence-electron chi connectivity index (χ3n) is 5.40. The predicted molar refractivity (Wildman–Crippen MR) is 88.4 cm³/mol. The van der Waals surface area contributed by atoms with Crippen molar-refractivity contribution in [3.63, 3.8) is 0 Å². The zero-order valence-corrected chi connectivity index (χ0v) is 15.7. The van der Waals surface area contributed by atoms with Gasteiger partial charge >= 0.3 is 1.43 Å². The van der Waals surface area contributed by atoms with Gasteiger partial charge in [0.15, 0.2) is 0 Å². The van der Waals surface area contributed by atoms with Gasteiger partial charge in [-0.05, 0) is 38.5 Å². The SMILES string of the molecule is C[SiH](C)C1(C2([Si](C)(C)C)CCCCO2)CCCCO1.[H+]. The van der Waals surface area contributed by atoms with Gasteiger partial charge in [-0.25, -0.2) is 0 Å². The fourth-order valence-electron chi connectivity index (χ4n) is 4.41. The van der Waals surface area contributed by atoms with Crippen molar-refractivity contribution < 1.29 is 10.9 Å². The van der Waals surface area contributed by atoms with E-state index in [1.54, 1.807) is 0 Å². The van der Waals surface area contributed by atoms with Crippen molar-refractivity contribution in [1.82, 2.24) is 0 Å². The van der Waals surface area contributed by atoms with Crippen molar-refractivity contribution in [1.29, 1.82) is 0 Å². The highest BCUT2D eigenvalue weighted by Gasteiger charge is 2.62. The summed E-state index contributed by atoms with van der Waals surface area (Å²) in [5.74, 6) is 0. The van der Waals surface area contributed by atoms with Gasteiger partial charge in [-0.2, -0.15) is 0 Å². The Kier molecular flexibility index (Phi) is 4.66. The molecule has 0 aromatic rings. The molecule has 0 aliphatic carbocycles. The Bertz CT molecular complexity index is 303. The molecule has 2 aliphatic heterocycles. The summed E-state index contributed by atoms with van der Waals surface area (Å²) in [4.78, 5) is 0. The van der Waals surface area contributed by atoms with E-state index in [4.69, 9.17) is 9.47 Å². The average Bonchev–Trinajstić information content (AvgIpc) is 2.39. The van der Waals surface area contributed by atoms with Gasteiger partial charge in [0, 0.05) is 13.2 Å². The highest BCUT2D eigenvalue weighted by atomic mass is 28.3. The average molecular weight is 302 g/mol. The van der Waals surface area contributed by atoms with Crippen LogP contribution in [0.5, 0.6) is 0 Å². The molecule has 2 aliphatic rings. The molecule has 2 fully saturated rings. The summed E-state index contributed by atoms with van der Waals surface area (Å²) in [6.45, 7) is 14.4. The molecule has 2 heterocycles. The molecule has 2 rings (SSSR count). The topological polar surface area (TPSA) is 18.5 Å². The summed E-state index contributed by atoms with van der Waals surface area (Å²) in [5, 5.41) is 0.190. The summed E-state index contributed by atoms with van der Waals surface area (Å²) < 4.78 is 13.2. The number of hydrogen-bond donors (Lipinski definition) is 0. The van der Waals surface area contributed by atoms with Crippen molar-refractivity contribution >= 4 is 16.9 Å². The van der Waals surface area contributed by atoms with Crippen LogP contribution in [0.3, 0.4) is 0 Å². The lowest BCUT2D eigenvalue weighted by Crippen LogP contribution is -2.75. The lowest BCUT2D eigenvalue weighted by Gasteiger charge is -2.60. The molecule has 0 aromatic heterocycles. The van der Waals surface area contributed by atoms with Gasteiger partial charge in [0.05, 0.1) is 27.3 Å². The maximum absolute atomic E-state index is 6.61. The van der Waals surface area contributed by atoms with Crippen LogP contribution in [0.25, 0.3) is 0 Å². The standard InChI is InChI=1S/C15H32O2Si2/c1-18(2)14(10-6-8-12-16-14)15(19(3,4)5)11-7-9-13-17-15/h18H,6-13H2,1-5H3/p+1. The molecule has 112 valence electrons. The fraction of sp³-hybridized carbons (Fsp3) is 1.00. The van der Waals surface area contributed by atoms with Crippen LogP contribution in [-0.4, -0.2) is 40.5 Å². The minimum absolute atomic E-state index is 0. The van der Waals surface area contributed by atoms with E-state index in [9.17, 15) is 0 Å². The number of hydrogen-bond acceptors (Lipinski definition) is 2. The van der Waals surface area contributed by atoms with Crippen molar-refractivity contribution in [2.45, 2.75) is 81.7 Å². The second-order valence-electron chi connectivity index (χ2n) is 7.73. The van der Waals surface area contributed by atoms with Crippen LogP contribution in [0, 0.1) is 0 Å². The van der Waals surface area contributed by atoms with E-state index in [2.05, 4.69) is 32.7 Å². The Hall–Kier alpha value is 0.354. The van der Waals surface area contributed by atoms with Crippen molar-refractivity contribution in [3.8, 4) is 0 Å². The lowest BCUT2D eigenvalue weighted by molar-refractivity contribution is -0.166. The van der Waals surface area contributed by atoms with E-state index in [0.717, 1.165) is 13.2 Å².